The minimum atomic E-state index is -0.251. The Morgan fingerprint density at radius 3 is 2.16 bits per heavy atom. The summed E-state index contributed by atoms with van der Waals surface area (Å²) in [5.41, 5.74) is 7.95. The van der Waals surface area contributed by atoms with Crippen molar-refractivity contribution >= 4 is 12.1 Å². The zero-order chi connectivity index (χ0) is 22.6. The summed E-state index contributed by atoms with van der Waals surface area (Å²) in [7, 11) is 0. The van der Waals surface area contributed by atoms with Gasteiger partial charge in [-0.25, -0.2) is 10.1 Å². The summed E-state index contributed by atoms with van der Waals surface area (Å²) in [6.07, 6.45) is 3.54. The zero-order valence-corrected chi connectivity index (χ0v) is 18.5. The number of hydrogen-bond acceptors (Lipinski definition) is 3. The van der Waals surface area contributed by atoms with Crippen molar-refractivity contribution in [1.29, 1.82) is 0 Å². The standard InChI is InChI=1S/C27H26N4O/c1-27(2,3)23-16-14-21(15-17-23)26(32)29-28-18-22-19-31(24-12-8-5-9-13-24)30-25(22)20-10-6-4-7-11-20/h4-19H,1-3H3,(H,29,32). The van der Waals surface area contributed by atoms with Gasteiger partial charge in [0.1, 0.15) is 5.69 Å². The minimum Gasteiger partial charge on any atom is -0.267 e. The van der Waals surface area contributed by atoms with E-state index in [0.29, 0.717) is 5.56 Å². The number of carbonyl (C=O) groups excluding carboxylic acids is 1. The molecular weight excluding hydrogens is 396 g/mol. The number of nitrogens with zero attached hydrogens (tertiary/aromatic N) is 3. The third-order valence-electron chi connectivity index (χ3n) is 5.19. The van der Waals surface area contributed by atoms with Crippen molar-refractivity contribution in [3.8, 4) is 16.9 Å². The lowest BCUT2D eigenvalue weighted by atomic mass is 9.87. The molecule has 0 aliphatic carbocycles. The number of benzene rings is 3. The van der Waals surface area contributed by atoms with Gasteiger partial charge in [0.05, 0.1) is 11.9 Å². The van der Waals surface area contributed by atoms with Crippen molar-refractivity contribution in [2.24, 2.45) is 5.10 Å². The molecule has 0 unspecified atom stereocenters. The van der Waals surface area contributed by atoms with Crippen molar-refractivity contribution in [2.75, 3.05) is 0 Å². The molecule has 0 saturated heterocycles. The van der Waals surface area contributed by atoms with Crippen LogP contribution in [0.2, 0.25) is 0 Å². The first-order valence-corrected chi connectivity index (χ1v) is 10.6. The molecule has 1 amide bonds. The maximum Gasteiger partial charge on any atom is 0.271 e. The molecule has 4 rings (SSSR count). The number of nitrogens with one attached hydrogen (secondary N) is 1. The highest BCUT2D eigenvalue weighted by atomic mass is 16.2. The van der Waals surface area contributed by atoms with Crippen LogP contribution >= 0.6 is 0 Å². The van der Waals surface area contributed by atoms with Gasteiger partial charge in [0.25, 0.3) is 5.91 Å². The van der Waals surface area contributed by atoms with Gasteiger partial charge in [-0.2, -0.15) is 10.2 Å². The molecule has 0 aliphatic rings. The Bertz CT molecular complexity index is 1220. The molecule has 0 saturated carbocycles. The summed E-state index contributed by atoms with van der Waals surface area (Å²) in [6.45, 7) is 6.44. The lowest BCUT2D eigenvalue weighted by molar-refractivity contribution is 0.0955. The molecule has 1 aromatic heterocycles. The van der Waals surface area contributed by atoms with Crippen LogP contribution in [0.25, 0.3) is 16.9 Å². The van der Waals surface area contributed by atoms with Crippen molar-refractivity contribution in [1.82, 2.24) is 15.2 Å². The van der Waals surface area contributed by atoms with E-state index in [1.54, 1.807) is 6.21 Å². The highest BCUT2D eigenvalue weighted by Crippen LogP contribution is 2.23. The average Bonchev–Trinajstić information content (AvgIpc) is 3.24. The summed E-state index contributed by atoms with van der Waals surface area (Å²) in [6, 6.07) is 27.4. The van der Waals surface area contributed by atoms with Crippen LogP contribution in [0.3, 0.4) is 0 Å². The van der Waals surface area contributed by atoms with Gasteiger partial charge in [-0.3, -0.25) is 4.79 Å². The number of hydrogen-bond donors (Lipinski definition) is 1. The Balaban J connectivity index is 1.56. The molecule has 0 bridgehead atoms. The summed E-state index contributed by atoms with van der Waals surface area (Å²) >= 11 is 0. The predicted octanol–water partition coefficient (Wildman–Crippen LogP) is 5.60. The Labute approximate surface area is 188 Å². The number of rotatable bonds is 5. The van der Waals surface area contributed by atoms with E-state index in [1.807, 2.05) is 95.8 Å². The fraction of sp³-hybridized carbons (Fsp3) is 0.148. The second kappa shape index (κ2) is 9.02. The smallest absolute Gasteiger partial charge is 0.267 e. The maximum absolute atomic E-state index is 12.5. The fourth-order valence-electron chi connectivity index (χ4n) is 3.36. The molecule has 0 fully saturated rings. The molecule has 4 aromatic rings. The topological polar surface area (TPSA) is 59.3 Å². The summed E-state index contributed by atoms with van der Waals surface area (Å²) in [5.74, 6) is -0.251. The maximum atomic E-state index is 12.5. The van der Waals surface area contributed by atoms with E-state index >= 15 is 0 Å². The van der Waals surface area contributed by atoms with Crippen LogP contribution in [0.1, 0.15) is 42.3 Å². The van der Waals surface area contributed by atoms with Crippen molar-refractivity contribution in [2.45, 2.75) is 26.2 Å². The van der Waals surface area contributed by atoms with Crippen LogP contribution in [0.15, 0.2) is 96.2 Å². The zero-order valence-electron chi connectivity index (χ0n) is 18.5. The molecule has 0 atom stereocenters. The third-order valence-corrected chi connectivity index (χ3v) is 5.19. The second-order valence-electron chi connectivity index (χ2n) is 8.61. The molecule has 1 N–H and O–H groups in total. The minimum absolute atomic E-state index is 0.0416. The Kier molecular flexibility index (Phi) is 5.99. The van der Waals surface area contributed by atoms with Gasteiger partial charge < -0.3 is 0 Å². The van der Waals surface area contributed by atoms with Crippen molar-refractivity contribution in [3.63, 3.8) is 0 Å². The van der Waals surface area contributed by atoms with Gasteiger partial charge in [0.2, 0.25) is 0 Å². The molecular formula is C27H26N4O. The van der Waals surface area contributed by atoms with E-state index in [-0.39, 0.29) is 11.3 Å². The lowest BCUT2D eigenvalue weighted by Crippen LogP contribution is -2.18. The van der Waals surface area contributed by atoms with Crippen LogP contribution in [-0.4, -0.2) is 21.9 Å². The van der Waals surface area contributed by atoms with Gasteiger partial charge >= 0.3 is 0 Å². The fourth-order valence-corrected chi connectivity index (χ4v) is 3.36. The van der Waals surface area contributed by atoms with Gasteiger partial charge in [-0.15, -0.1) is 0 Å². The van der Waals surface area contributed by atoms with Gasteiger partial charge in [0, 0.05) is 22.9 Å². The Morgan fingerprint density at radius 2 is 1.53 bits per heavy atom. The first-order chi connectivity index (χ1) is 15.4. The number of para-hydroxylation sites is 1. The van der Waals surface area contributed by atoms with Gasteiger partial charge in [-0.1, -0.05) is 81.4 Å². The first-order valence-electron chi connectivity index (χ1n) is 10.6. The van der Waals surface area contributed by atoms with Crippen molar-refractivity contribution in [3.05, 3.63) is 108 Å². The largest absolute Gasteiger partial charge is 0.271 e. The van der Waals surface area contributed by atoms with Crippen LogP contribution < -0.4 is 5.43 Å². The summed E-state index contributed by atoms with van der Waals surface area (Å²) in [5, 5.41) is 8.96. The summed E-state index contributed by atoms with van der Waals surface area (Å²) < 4.78 is 1.82. The number of hydrazone groups is 1. The molecule has 0 radical (unpaired) electrons. The van der Waals surface area contributed by atoms with E-state index in [0.717, 1.165) is 22.5 Å². The van der Waals surface area contributed by atoms with Crippen LogP contribution in [-0.2, 0) is 5.41 Å². The van der Waals surface area contributed by atoms with E-state index in [9.17, 15) is 4.79 Å². The van der Waals surface area contributed by atoms with E-state index in [1.165, 1.54) is 5.56 Å². The first kappa shape index (κ1) is 21.2. The normalized spacial score (nSPS) is 11.6. The number of aromatic nitrogens is 2. The number of amides is 1. The van der Waals surface area contributed by atoms with Crippen LogP contribution in [0.5, 0.6) is 0 Å². The average molecular weight is 423 g/mol. The third kappa shape index (κ3) is 4.83. The molecule has 160 valence electrons. The number of carbonyl (C=O) groups is 1. The molecule has 5 nitrogen and oxygen atoms in total. The van der Waals surface area contributed by atoms with Crippen LogP contribution in [0, 0.1) is 0 Å². The molecule has 0 spiro atoms. The highest BCUT2D eigenvalue weighted by molar-refractivity contribution is 5.95. The second-order valence-corrected chi connectivity index (χ2v) is 8.61. The highest BCUT2D eigenvalue weighted by Gasteiger charge is 2.14. The molecule has 32 heavy (non-hydrogen) atoms. The molecule has 5 heteroatoms. The SMILES string of the molecule is CC(C)(C)c1ccc(C(=O)NN=Cc2cn(-c3ccccc3)nc2-c2ccccc2)cc1. The summed E-state index contributed by atoms with van der Waals surface area (Å²) in [4.78, 5) is 12.5. The Morgan fingerprint density at radius 1 is 0.906 bits per heavy atom. The van der Waals surface area contributed by atoms with E-state index < -0.39 is 0 Å². The monoisotopic (exact) mass is 422 g/mol. The van der Waals surface area contributed by atoms with E-state index in [4.69, 9.17) is 5.10 Å². The molecule has 3 aromatic carbocycles. The molecule has 1 heterocycles. The van der Waals surface area contributed by atoms with Crippen molar-refractivity contribution < 1.29 is 4.79 Å². The lowest BCUT2D eigenvalue weighted by Gasteiger charge is -2.18. The van der Waals surface area contributed by atoms with Gasteiger partial charge in [0.15, 0.2) is 0 Å². The van der Waals surface area contributed by atoms with E-state index in [2.05, 4.69) is 31.3 Å². The Hall–Kier alpha value is -3.99. The predicted molar refractivity (Wildman–Crippen MR) is 129 cm³/mol. The quantitative estimate of drug-likeness (QED) is 0.336. The van der Waals surface area contributed by atoms with Crippen LogP contribution in [0.4, 0.5) is 0 Å². The molecule has 0 aliphatic heterocycles. The van der Waals surface area contributed by atoms with Gasteiger partial charge in [-0.05, 0) is 35.2 Å².